The van der Waals surface area contributed by atoms with Crippen LogP contribution in [0.15, 0.2) is 18.2 Å². The highest BCUT2D eigenvalue weighted by Gasteiger charge is 2.09. The van der Waals surface area contributed by atoms with Crippen molar-refractivity contribution in [3.05, 3.63) is 35.1 Å². The molecule has 94 valence electrons. The van der Waals surface area contributed by atoms with Gasteiger partial charge in [0.05, 0.1) is 0 Å². The third-order valence-electron chi connectivity index (χ3n) is 2.54. The van der Waals surface area contributed by atoms with Crippen molar-refractivity contribution in [2.75, 3.05) is 0 Å². The summed E-state index contributed by atoms with van der Waals surface area (Å²) >= 11 is 1.67. The van der Waals surface area contributed by atoms with E-state index in [0.717, 1.165) is 6.42 Å². The van der Waals surface area contributed by atoms with Crippen LogP contribution >= 0.6 is 11.8 Å². The average Bonchev–Trinajstić information content (AvgIpc) is 2.36. The van der Waals surface area contributed by atoms with Gasteiger partial charge in [0.1, 0.15) is 5.82 Å². The van der Waals surface area contributed by atoms with Crippen LogP contribution in [0.2, 0.25) is 0 Å². The van der Waals surface area contributed by atoms with Crippen molar-refractivity contribution in [1.29, 1.82) is 0 Å². The molecule has 1 unspecified atom stereocenters. The highest BCUT2D eigenvalue weighted by molar-refractivity contribution is 7.99. The van der Waals surface area contributed by atoms with E-state index >= 15 is 0 Å². The lowest BCUT2D eigenvalue weighted by atomic mass is 10.1. The monoisotopic (exact) mass is 256 g/mol. The normalized spacial score (nSPS) is 12.2. The summed E-state index contributed by atoms with van der Waals surface area (Å²) in [5, 5.41) is 0.474. The summed E-state index contributed by atoms with van der Waals surface area (Å²) in [6, 6.07) is 4.28. The summed E-state index contributed by atoms with van der Waals surface area (Å²) in [5.74, 6) is 4.91. The fourth-order valence-corrected chi connectivity index (χ4v) is 2.18. The van der Waals surface area contributed by atoms with Crippen molar-refractivity contribution >= 4 is 17.7 Å². The number of nitrogens with two attached hydrogens (primary N) is 1. The molecular weight excluding hydrogens is 239 g/mol. The SMILES string of the molecule is CCC(C)SCc1cc(C(=O)NN)ccc1F. The van der Waals surface area contributed by atoms with E-state index < -0.39 is 5.91 Å². The summed E-state index contributed by atoms with van der Waals surface area (Å²) in [6.07, 6.45) is 1.04. The molecule has 1 aromatic rings. The minimum Gasteiger partial charge on any atom is -0.290 e. The van der Waals surface area contributed by atoms with Gasteiger partial charge in [-0.15, -0.1) is 0 Å². The van der Waals surface area contributed by atoms with Crippen LogP contribution in [0.1, 0.15) is 36.2 Å². The van der Waals surface area contributed by atoms with Crippen LogP contribution in [0.3, 0.4) is 0 Å². The van der Waals surface area contributed by atoms with E-state index in [2.05, 4.69) is 13.8 Å². The second kappa shape index (κ2) is 6.61. The van der Waals surface area contributed by atoms with Gasteiger partial charge in [0.2, 0.25) is 0 Å². The van der Waals surface area contributed by atoms with Crippen LogP contribution in [0, 0.1) is 5.82 Å². The molecule has 5 heteroatoms. The molecule has 1 rings (SSSR count). The Morgan fingerprint density at radius 1 is 1.59 bits per heavy atom. The zero-order valence-electron chi connectivity index (χ0n) is 10.00. The van der Waals surface area contributed by atoms with Crippen LogP contribution < -0.4 is 11.3 Å². The van der Waals surface area contributed by atoms with E-state index in [4.69, 9.17) is 5.84 Å². The zero-order chi connectivity index (χ0) is 12.8. The largest absolute Gasteiger partial charge is 0.290 e. The number of hydrogen-bond donors (Lipinski definition) is 2. The highest BCUT2D eigenvalue weighted by Crippen LogP contribution is 2.22. The number of nitrogen functional groups attached to an aromatic ring is 1. The first-order valence-corrected chi connectivity index (χ1v) is 6.54. The molecule has 0 bridgehead atoms. The lowest BCUT2D eigenvalue weighted by Gasteiger charge is -2.09. The third kappa shape index (κ3) is 4.02. The number of carbonyl (C=O) groups excluding carboxylic acids is 1. The Morgan fingerprint density at radius 3 is 2.88 bits per heavy atom. The van der Waals surface area contributed by atoms with Crippen LogP contribution in [0.25, 0.3) is 0 Å². The van der Waals surface area contributed by atoms with Crippen molar-refractivity contribution in [3.63, 3.8) is 0 Å². The molecule has 0 saturated carbocycles. The Labute approximate surface area is 105 Å². The van der Waals surface area contributed by atoms with E-state index in [9.17, 15) is 9.18 Å². The predicted molar refractivity (Wildman–Crippen MR) is 69.1 cm³/mol. The molecule has 0 aliphatic carbocycles. The van der Waals surface area contributed by atoms with Gasteiger partial charge in [0, 0.05) is 16.6 Å². The average molecular weight is 256 g/mol. The molecule has 1 atom stereocenters. The maximum atomic E-state index is 13.5. The van der Waals surface area contributed by atoms with Gasteiger partial charge < -0.3 is 0 Å². The first kappa shape index (κ1) is 14.0. The number of halogens is 1. The summed E-state index contributed by atoms with van der Waals surface area (Å²) in [5.41, 5.74) is 2.96. The second-order valence-corrected chi connectivity index (χ2v) is 5.24. The summed E-state index contributed by atoms with van der Waals surface area (Å²) in [6.45, 7) is 4.19. The van der Waals surface area contributed by atoms with Gasteiger partial charge in [-0.3, -0.25) is 10.2 Å². The Bertz CT molecular complexity index is 398. The van der Waals surface area contributed by atoms with Crippen LogP contribution in [-0.4, -0.2) is 11.2 Å². The molecule has 0 radical (unpaired) electrons. The van der Waals surface area contributed by atoms with Crippen molar-refractivity contribution in [3.8, 4) is 0 Å². The van der Waals surface area contributed by atoms with Gasteiger partial charge >= 0.3 is 0 Å². The van der Waals surface area contributed by atoms with Gasteiger partial charge in [0.25, 0.3) is 5.91 Å². The topological polar surface area (TPSA) is 55.1 Å². The molecule has 0 heterocycles. The second-order valence-electron chi connectivity index (χ2n) is 3.81. The maximum Gasteiger partial charge on any atom is 0.265 e. The van der Waals surface area contributed by atoms with Gasteiger partial charge in [-0.25, -0.2) is 10.2 Å². The first-order valence-electron chi connectivity index (χ1n) is 5.49. The summed E-state index contributed by atoms with van der Waals surface area (Å²) in [4.78, 5) is 11.3. The van der Waals surface area contributed by atoms with Crippen LogP contribution in [0.5, 0.6) is 0 Å². The molecule has 3 N–H and O–H groups in total. The third-order valence-corrected chi connectivity index (χ3v) is 3.92. The summed E-state index contributed by atoms with van der Waals surface area (Å²) in [7, 11) is 0. The predicted octanol–water partition coefficient (Wildman–Crippen LogP) is 2.46. The first-order chi connectivity index (χ1) is 8.08. The molecular formula is C12H17FN2OS. The molecule has 0 aliphatic rings. The van der Waals surface area contributed by atoms with Crippen LogP contribution in [0.4, 0.5) is 4.39 Å². The minimum atomic E-state index is -0.403. The smallest absolute Gasteiger partial charge is 0.265 e. The van der Waals surface area contributed by atoms with E-state index in [1.54, 1.807) is 17.8 Å². The molecule has 0 saturated heterocycles. The fourth-order valence-electron chi connectivity index (χ4n) is 1.26. The van der Waals surface area contributed by atoms with Crippen molar-refractivity contribution < 1.29 is 9.18 Å². The maximum absolute atomic E-state index is 13.5. The van der Waals surface area contributed by atoms with E-state index in [1.807, 2.05) is 5.43 Å². The molecule has 1 amide bonds. The number of hydrazine groups is 1. The Hall–Kier alpha value is -1.07. The van der Waals surface area contributed by atoms with Crippen molar-refractivity contribution in [2.24, 2.45) is 5.84 Å². The molecule has 0 spiro atoms. The van der Waals surface area contributed by atoms with Gasteiger partial charge in [-0.05, 0) is 30.2 Å². The fraction of sp³-hybridized carbons (Fsp3) is 0.417. The number of rotatable bonds is 5. The van der Waals surface area contributed by atoms with Crippen molar-refractivity contribution in [1.82, 2.24) is 5.43 Å². The molecule has 1 aromatic carbocycles. The number of benzene rings is 1. The molecule has 0 aliphatic heterocycles. The van der Waals surface area contributed by atoms with E-state index in [-0.39, 0.29) is 5.82 Å². The number of carbonyl (C=O) groups is 1. The van der Waals surface area contributed by atoms with Crippen LogP contribution in [-0.2, 0) is 5.75 Å². The molecule has 0 fully saturated rings. The number of hydrogen-bond acceptors (Lipinski definition) is 3. The summed E-state index contributed by atoms with van der Waals surface area (Å²) < 4.78 is 13.5. The molecule has 0 aromatic heterocycles. The zero-order valence-corrected chi connectivity index (χ0v) is 10.8. The van der Waals surface area contributed by atoms with E-state index in [1.165, 1.54) is 12.1 Å². The number of amides is 1. The minimum absolute atomic E-state index is 0.283. The lowest BCUT2D eigenvalue weighted by Crippen LogP contribution is -2.30. The van der Waals surface area contributed by atoms with Gasteiger partial charge in [-0.1, -0.05) is 13.8 Å². The Balaban J connectivity index is 2.80. The van der Waals surface area contributed by atoms with Gasteiger partial charge in [0.15, 0.2) is 0 Å². The quantitative estimate of drug-likeness (QED) is 0.483. The standard InChI is InChI=1S/C12H17FN2OS/c1-3-8(2)17-7-10-6-9(12(16)15-14)4-5-11(10)13/h4-6,8H,3,7,14H2,1-2H3,(H,15,16). The Morgan fingerprint density at radius 2 is 2.29 bits per heavy atom. The van der Waals surface area contributed by atoms with Gasteiger partial charge in [-0.2, -0.15) is 11.8 Å². The number of nitrogens with one attached hydrogen (secondary N) is 1. The number of thioether (sulfide) groups is 1. The highest BCUT2D eigenvalue weighted by atomic mass is 32.2. The molecule has 17 heavy (non-hydrogen) atoms. The molecule has 3 nitrogen and oxygen atoms in total. The van der Waals surface area contributed by atoms with E-state index in [0.29, 0.717) is 22.1 Å². The van der Waals surface area contributed by atoms with Crippen molar-refractivity contribution in [2.45, 2.75) is 31.3 Å². The Kier molecular flexibility index (Phi) is 5.44. The lowest BCUT2D eigenvalue weighted by molar-refractivity contribution is 0.0953.